The highest BCUT2D eigenvalue weighted by atomic mass is 32.1. The molecule has 0 N–H and O–H groups in total. The van der Waals surface area contributed by atoms with Crippen molar-refractivity contribution in [2.75, 3.05) is 0 Å². The van der Waals surface area contributed by atoms with E-state index in [-0.39, 0.29) is 0 Å². The molecular weight excluding hydrogens is 639 g/mol. The lowest BCUT2D eigenvalue weighted by atomic mass is 10.0. The number of benzene rings is 8. The standard InChI is InChI=1S/C48H29NOS/c1-3-10-30(11-4-1)33-20-25-42-40(28-33)41-29-34(31-12-5-2-6-13-31)21-26-43(41)49(42)35-22-18-32(19-23-35)36-15-9-16-37-38-24-27-45-46(48(38)50-47(36)37)39-14-7-8-17-44(39)51-45/h1-29H. The molecule has 0 amide bonds. The molecule has 0 atom stereocenters. The fourth-order valence-electron chi connectivity index (χ4n) is 8.00. The van der Waals surface area contributed by atoms with Crippen molar-refractivity contribution in [2.24, 2.45) is 0 Å². The van der Waals surface area contributed by atoms with Gasteiger partial charge in [0.25, 0.3) is 0 Å². The number of hydrogen-bond acceptors (Lipinski definition) is 2. The third kappa shape index (κ3) is 4.35. The molecule has 0 bridgehead atoms. The van der Waals surface area contributed by atoms with E-state index in [9.17, 15) is 0 Å². The molecule has 3 heterocycles. The minimum absolute atomic E-state index is 0.932. The normalized spacial score (nSPS) is 11.9. The maximum absolute atomic E-state index is 6.83. The van der Waals surface area contributed by atoms with Crippen molar-refractivity contribution in [3.05, 3.63) is 176 Å². The van der Waals surface area contributed by atoms with Crippen molar-refractivity contribution in [2.45, 2.75) is 0 Å². The Morgan fingerprint density at radius 1 is 0.373 bits per heavy atom. The predicted molar refractivity (Wildman–Crippen MR) is 217 cm³/mol. The van der Waals surface area contributed by atoms with Crippen LogP contribution in [0, 0.1) is 0 Å². The van der Waals surface area contributed by atoms with Crippen LogP contribution in [0.1, 0.15) is 0 Å². The third-order valence-corrected chi connectivity index (χ3v) is 11.6. The van der Waals surface area contributed by atoms with E-state index in [0.717, 1.165) is 38.8 Å². The van der Waals surface area contributed by atoms with E-state index < -0.39 is 0 Å². The molecule has 0 unspecified atom stereocenters. The van der Waals surface area contributed by atoms with E-state index in [4.69, 9.17) is 4.42 Å². The summed E-state index contributed by atoms with van der Waals surface area (Å²) in [6, 6.07) is 63.6. The molecule has 0 radical (unpaired) electrons. The van der Waals surface area contributed by atoms with Crippen molar-refractivity contribution in [1.82, 2.24) is 4.57 Å². The Morgan fingerprint density at radius 2 is 0.961 bits per heavy atom. The van der Waals surface area contributed by atoms with E-state index in [1.54, 1.807) is 0 Å². The van der Waals surface area contributed by atoms with Gasteiger partial charge in [0, 0.05) is 53.0 Å². The van der Waals surface area contributed by atoms with Crippen LogP contribution >= 0.6 is 11.3 Å². The molecule has 0 fully saturated rings. The summed E-state index contributed by atoms with van der Waals surface area (Å²) in [6.45, 7) is 0. The Morgan fingerprint density at radius 3 is 1.65 bits per heavy atom. The summed E-state index contributed by atoms with van der Waals surface area (Å²) in [5.41, 5.74) is 12.5. The van der Waals surface area contributed by atoms with E-state index >= 15 is 0 Å². The lowest BCUT2D eigenvalue weighted by molar-refractivity contribution is 0.674. The Kier molecular flexibility index (Phi) is 6.16. The van der Waals surface area contributed by atoms with Gasteiger partial charge in [-0.1, -0.05) is 121 Å². The lowest BCUT2D eigenvalue weighted by Crippen LogP contribution is -1.94. The summed E-state index contributed by atoms with van der Waals surface area (Å²) in [7, 11) is 0. The molecule has 2 nitrogen and oxygen atoms in total. The second kappa shape index (κ2) is 11.0. The molecule has 11 aromatic rings. The molecule has 3 aromatic heterocycles. The van der Waals surface area contributed by atoms with Gasteiger partial charge in [-0.05, 0) is 82.4 Å². The monoisotopic (exact) mass is 667 g/mol. The van der Waals surface area contributed by atoms with Gasteiger partial charge in [-0.25, -0.2) is 0 Å². The Bertz CT molecular complexity index is 3010. The summed E-state index contributed by atoms with van der Waals surface area (Å²) >= 11 is 1.83. The largest absolute Gasteiger partial charge is 0.455 e. The van der Waals surface area contributed by atoms with Crippen LogP contribution in [0.2, 0.25) is 0 Å². The second-order valence-corrected chi connectivity index (χ2v) is 14.4. The van der Waals surface area contributed by atoms with Gasteiger partial charge in [0.1, 0.15) is 11.2 Å². The van der Waals surface area contributed by atoms with Crippen LogP contribution in [0.3, 0.4) is 0 Å². The Balaban J connectivity index is 1.08. The van der Waals surface area contributed by atoms with Crippen LogP contribution in [0.4, 0.5) is 0 Å². The molecule has 0 spiro atoms. The first-order valence-electron chi connectivity index (χ1n) is 17.3. The van der Waals surface area contributed by atoms with Crippen molar-refractivity contribution in [1.29, 1.82) is 0 Å². The maximum Gasteiger partial charge on any atom is 0.144 e. The Labute approximate surface area is 298 Å². The zero-order valence-corrected chi connectivity index (χ0v) is 28.3. The topological polar surface area (TPSA) is 18.1 Å². The summed E-state index contributed by atoms with van der Waals surface area (Å²) in [4.78, 5) is 0. The first-order chi connectivity index (χ1) is 25.3. The SMILES string of the molecule is c1ccc(-c2ccc3c(c2)c2cc(-c4ccccc4)ccc2n3-c2ccc(-c3cccc4c3oc3c4ccc4sc5ccccc5c43)cc2)cc1. The number of furan rings is 1. The van der Waals surface area contributed by atoms with Gasteiger partial charge in [-0.15, -0.1) is 11.3 Å². The number of hydrogen-bond donors (Lipinski definition) is 0. The number of aromatic nitrogens is 1. The van der Waals surface area contributed by atoms with Gasteiger partial charge in [-0.2, -0.15) is 0 Å². The van der Waals surface area contributed by atoms with Crippen LogP contribution in [0.5, 0.6) is 0 Å². The highest BCUT2D eigenvalue weighted by molar-refractivity contribution is 7.26. The fraction of sp³-hybridized carbons (Fsp3) is 0. The molecule has 0 aliphatic heterocycles. The van der Waals surface area contributed by atoms with Gasteiger partial charge in [0.15, 0.2) is 0 Å². The van der Waals surface area contributed by atoms with Gasteiger partial charge in [0.2, 0.25) is 0 Å². The van der Waals surface area contributed by atoms with Crippen molar-refractivity contribution in [3.63, 3.8) is 0 Å². The number of fused-ring (bicyclic) bond motifs is 10. The molecule has 0 saturated carbocycles. The quantitative estimate of drug-likeness (QED) is 0.183. The molecule has 3 heteroatoms. The van der Waals surface area contributed by atoms with Gasteiger partial charge in [0.05, 0.1) is 11.0 Å². The number of rotatable bonds is 4. The van der Waals surface area contributed by atoms with E-state index in [1.807, 2.05) is 11.3 Å². The summed E-state index contributed by atoms with van der Waals surface area (Å²) in [5, 5.41) is 7.26. The zero-order chi connectivity index (χ0) is 33.5. The molecule has 0 aliphatic carbocycles. The summed E-state index contributed by atoms with van der Waals surface area (Å²) < 4.78 is 11.8. The van der Waals surface area contributed by atoms with Crippen LogP contribution in [0.25, 0.3) is 103 Å². The van der Waals surface area contributed by atoms with Crippen LogP contribution in [-0.2, 0) is 0 Å². The number of para-hydroxylation sites is 1. The zero-order valence-electron chi connectivity index (χ0n) is 27.5. The average Bonchev–Trinajstić information content (AvgIpc) is 3.87. The Hall–Kier alpha value is -6.42. The highest BCUT2D eigenvalue weighted by Gasteiger charge is 2.18. The third-order valence-electron chi connectivity index (χ3n) is 10.4. The molecule has 51 heavy (non-hydrogen) atoms. The molecule has 0 saturated heterocycles. The molecule has 0 aliphatic rings. The smallest absolute Gasteiger partial charge is 0.144 e. The van der Waals surface area contributed by atoms with Gasteiger partial charge in [-0.3, -0.25) is 0 Å². The van der Waals surface area contributed by atoms with E-state index in [1.165, 1.54) is 64.2 Å². The molecular formula is C48H29NOS. The second-order valence-electron chi connectivity index (χ2n) is 13.3. The van der Waals surface area contributed by atoms with Crippen LogP contribution < -0.4 is 0 Å². The predicted octanol–water partition coefficient (Wildman–Crippen LogP) is 14.1. The van der Waals surface area contributed by atoms with Gasteiger partial charge >= 0.3 is 0 Å². The lowest BCUT2D eigenvalue weighted by Gasteiger charge is -2.10. The van der Waals surface area contributed by atoms with E-state index in [0.29, 0.717) is 0 Å². The highest BCUT2D eigenvalue weighted by Crippen LogP contribution is 2.44. The minimum Gasteiger partial charge on any atom is -0.455 e. The summed E-state index contributed by atoms with van der Waals surface area (Å²) in [5.74, 6) is 0. The van der Waals surface area contributed by atoms with Crippen LogP contribution in [0.15, 0.2) is 180 Å². The van der Waals surface area contributed by atoms with Crippen LogP contribution in [-0.4, -0.2) is 4.57 Å². The van der Waals surface area contributed by atoms with Gasteiger partial charge < -0.3 is 8.98 Å². The molecule has 238 valence electrons. The molecule has 8 aromatic carbocycles. The minimum atomic E-state index is 0.932. The number of thiophene rings is 1. The summed E-state index contributed by atoms with van der Waals surface area (Å²) in [6.07, 6.45) is 0. The first-order valence-corrected chi connectivity index (χ1v) is 18.2. The maximum atomic E-state index is 6.83. The van der Waals surface area contributed by atoms with Crippen molar-refractivity contribution in [3.8, 4) is 39.1 Å². The van der Waals surface area contributed by atoms with Crippen molar-refractivity contribution >= 4 is 75.3 Å². The first kappa shape index (κ1) is 28.4. The fourth-order valence-corrected chi connectivity index (χ4v) is 9.11. The number of nitrogens with zero attached hydrogens (tertiary/aromatic N) is 1. The molecule has 11 rings (SSSR count). The average molecular weight is 668 g/mol. The van der Waals surface area contributed by atoms with Crippen molar-refractivity contribution < 1.29 is 4.42 Å². The van der Waals surface area contributed by atoms with E-state index in [2.05, 4.69) is 180 Å².